The normalized spacial score (nSPS) is 15.1. The smallest absolute Gasteiger partial charge is 0.242 e. The van der Waals surface area contributed by atoms with Crippen LogP contribution in [-0.2, 0) is 26.2 Å². The van der Waals surface area contributed by atoms with Crippen LogP contribution in [0.15, 0.2) is 42.5 Å². The molecule has 2 aromatic carbocycles. The topological polar surface area (TPSA) is 86.8 Å². The van der Waals surface area contributed by atoms with Crippen LogP contribution in [0.2, 0.25) is 5.02 Å². The largest absolute Gasteiger partial charge is 0.352 e. The van der Waals surface area contributed by atoms with Gasteiger partial charge in [0.15, 0.2) is 0 Å². The third kappa shape index (κ3) is 8.17. The van der Waals surface area contributed by atoms with Gasteiger partial charge in [-0.1, -0.05) is 55.1 Å². The van der Waals surface area contributed by atoms with E-state index in [1.165, 1.54) is 15.3 Å². The van der Waals surface area contributed by atoms with Crippen molar-refractivity contribution in [2.45, 2.75) is 77.4 Å². The van der Waals surface area contributed by atoms with Crippen molar-refractivity contribution in [3.05, 3.63) is 64.4 Å². The molecule has 2 amide bonds. The number of nitrogens with one attached hydrogen (secondary N) is 1. The minimum Gasteiger partial charge on any atom is -0.352 e. The fraction of sp³-hybridized carbons (Fsp3) is 0.500. The summed E-state index contributed by atoms with van der Waals surface area (Å²) in [6, 6.07) is 10.4. The van der Waals surface area contributed by atoms with Crippen molar-refractivity contribution in [1.82, 2.24) is 10.2 Å². The van der Waals surface area contributed by atoms with E-state index in [4.69, 9.17) is 11.6 Å². The maximum absolute atomic E-state index is 14.5. The number of carbonyl (C=O) groups is 2. The second-order valence-corrected chi connectivity index (χ2v) is 12.3. The Morgan fingerprint density at radius 3 is 2.47 bits per heavy atom. The highest BCUT2D eigenvalue weighted by Gasteiger charge is 2.29. The molecule has 1 atom stereocenters. The molecule has 0 aromatic heterocycles. The lowest BCUT2D eigenvalue weighted by Crippen LogP contribution is -2.50. The minimum atomic E-state index is -3.64. The van der Waals surface area contributed by atoms with Crippen LogP contribution in [0, 0.1) is 12.7 Å². The quantitative estimate of drug-likeness (QED) is 0.406. The second-order valence-electron chi connectivity index (χ2n) is 10.0. The van der Waals surface area contributed by atoms with E-state index in [9.17, 15) is 22.4 Å². The van der Waals surface area contributed by atoms with Crippen molar-refractivity contribution < 1.29 is 22.4 Å². The van der Waals surface area contributed by atoms with Crippen molar-refractivity contribution in [1.29, 1.82) is 0 Å². The van der Waals surface area contributed by atoms with Gasteiger partial charge in [0, 0.05) is 36.1 Å². The number of carbonyl (C=O) groups excluding carboxylic acids is 2. The number of rotatable bonds is 11. The van der Waals surface area contributed by atoms with E-state index in [0.29, 0.717) is 16.3 Å². The molecule has 1 saturated carbocycles. The summed E-state index contributed by atoms with van der Waals surface area (Å²) >= 11 is 6.11. The van der Waals surface area contributed by atoms with E-state index in [0.717, 1.165) is 43.9 Å². The molecule has 208 valence electrons. The highest BCUT2D eigenvalue weighted by molar-refractivity contribution is 7.92. The van der Waals surface area contributed by atoms with Crippen LogP contribution in [0.3, 0.4) is 0 Å². The lowest BCUT2D eigenvalue weighted by Gasteiger charge is -2.31. The Bertz CT molecular complexity index is 1230. The molecule has 1 aliphatic rings. The summed E-state index contributed by atoms with van der Waals surface area (Å²) in [5.41, 5.74) is 1.50. The first-order valence-corrected chi connectivity index (χ1v) is 15.3. The molecule has 0 bridgehead atoms. The predicted molar refractivity (Wildman–Crippen MR) is 149 cm³/mol. The third-order valence-electron chi connectivity index (χ3n) is 7.01. The van der Waals surface area contributed by atoms with E-state index >= 15 is 0 Å². The van der Waals surface area contributed by atoms with Gasteiger partial charge in [-0.05, 0) is 56.9 Å². The standard InChI is InChI=1S/C28H37ClFN3O4S/c1-20-15-16-23(29)18-26(20)33(38(3,36)37)17-9-14-27(34)32(19-22-10-7-8-13-25(22)30)21(2)28(35)31-24-11-5-4-6-12-24/h7-8,10,13,15-16,18,21,24H,4-6,9,11-12,14,17,19H2,1-3H3,(H,31,35)/t21-/m0/s1. The summed E-state index contributed by atoms with van der Waals surface area (Å²) in [5, 5.41) is 3.46. The van der Waals surface area contributed by atoms with E-state index in [1.807, 2.05) is 0 Å². The van der Waals surface area contributed by atoms with E-state index in [-0.39, 0.29) is 43.8 Å². The predicted octanol–water partition coefficient (Wildman–Crippen LogP) is 5.20. The maximum atomic E-state index is 14.5. The van der Waals surface area contributed by atoms with Gasteiger partial charge in [-0.25, -0.2) is 12.8 Å². The van der Waals surface area contributed by atoms with Crippen LogP contribution in [-0.4, -0.2) is 50.0 Å². The van der Waals surface area contributed by atoms with Crippen LogP contribution in [0.4, 0.5) is 10.1 Å². The van der Waals surface area contributed by atoms with Crippen molar-refractivity contribution >= 4 is 39.1 Å². The number of hydrogen-bond donors (Lipinski definition) is 1. The molecule has 2 aromatic rings. The lowest BCUT2D eigenvalue weighted by atomic mass is 9.95. The average Bonchev–Trinajstić information content (AvgIpc) is 2.87. The Morgan fingerprint density at radius 2 is 1.82 bits per heavy atom. The van der Waals surface area contributed by atoms with E-state index in [2.05, 4.69) is 5.32 Å². The first kappa shape index (κ1) is 29.9. The molecule has 10 heteroatoms. The highest BCUT2D eigenvalue weighted by Crippen LogP contribution is 2.27. The van der Waals surface area contributed by atoms with Gasteiger partial charge in [0.1, 0.15) is 11.9 Å². The Labute approximate surface area is 230 Å². The van der Waals surface area contributed by atoms with Crippen LogP contribution < -0.4 is 9.62 Å². The molecule has 7 nitrogen and oxygen atoms in total. The van der Waals surface area contributed by atoms with Gasteiger partial charge in [-0.2, -0.15) is 0 Å². The van der Waals surface area contributed by atoms with Gasteiger partial charge in [-0.3, -0.25) is 13.9 Å². The molecule has 1 aliphatic carbocycles. The number of aryl methyl sites for hydroxylation is 1. The average molecular weight is 566 g/mol. The number of halogens is 2. The summed E-state index contributed by atoms with van der Waals surface area (Å²) in [6.07, 6.45) is 6.38. The zero-order valence-electron chi connectivity index (χ0n) is 22.3. The molecule has 38 heavy (non-hydrogen) atoms. The molecule has 0 spiro atoms. The number of nitrogens with zero attached hydrogens (tertiary/aromatic N) is 2. The van der Waals surface area contributed by atoms with Crippen molar-refractivity contribution in [3.63, 3.8) is 0 Å². The van der Waals surface area contributed by atoms with Gasteiger partial charge in [-0.15, -0.1) is 0 Å². The Kier molecular flexibility index (Phi) is 10.6. The first-order chi connectivity index (χ1) is 18.0. The molecule has 0 aliphatic heterocycles. The second kappa shape index (κ2) is 13.4. The molecule has 1 fully saturated rings. The molecule has 1 N–H and O–H groups in total. The Balaban J connectivity index is 1.75. The number of anilines is 1. The van der Waals surface area contributed by atoms with Crippen molar-refractivity contribution in [2.24, 2.45) is 0 Å². The Hall–Kier alpha value is -2.65. The molecular weight excluding hydrogens is 529 g/mol. The van der Waals surface area contributed by atoms with E-state index in [1.54, 1.807) is 50.2 Å². The fourth-order valence-corrected chi connectivity index (χ4v) is 5.98. The fourth-order valence-electron chi connectivity index (χ4n) is 4.80. The van der Waals surface area contributed by atoms with Gasteiger partial charge in [0.25, 0.3) is 0 Å². The summed E-state index contributed by atoms with van der Waals surface area (Å²) < 4.78 is 40.8. The molecule has 0 heterocycles. The first-order valence-electron chi connectivity index (χ1n) is 13.0. The number of sulfonamides is 1. The number of amides is 2. The van der Waals surface area contributed by atoms with Gasteiger partial charge < -0.3 is 10.2 Å². The molecule has 3 rings (SSSR count). The molecular formula is C28H37ClFN3O4S. The summed E-state index contributed by atoms with van der Waals surface area (Å²) in [7, 11) is -3.64. The molecule has 0 unspecified atom stereocenters. The van der Waals surface area contributed by atoms with Crippen molar-refractivity contribution in [2.75, 3.05) is 17.1 Å². The zero-order valence-corrected chi connectivity index (χ0v) is 23.8. The van der Waals surface area contributed by atoms with Crippen LogP contribution >= 0.6 is 11.6 Å². The highest BCUT2D eigenvalue weighted by atomic mass is 35.5. The van der Waals surface area contributed by atoms with E-state index < -0.39 is 21.9 Å². The summed E-state index contributed by atoms with van der Waals surface area (Å²) in [6.45, 7) is 3.43. The SMILES string of the molecule is Cc1ccc(Cl)cc1N(CCCC(=O)N(Cc1ccccc1F)[C@@H](C)C(=O)NC1CCCCC1)S(C)(=O)=O. The summed E-state index contributed by atoms with van der Waals surface area (Å²) in [5.74, 6) is -1.07. The molecule has 0 saturated heterocycles. The van der Waals surface area contributed by atoms with Crippen molar-refractivity contribution in [3.8, 4) is 0 Å². The van der Waals surface area contributed by atoms with Crippen LogP contribution in [0.1, 0.15) is 63.0 Å². The lowest BCUT2D eigenvalue weighted by molar-refractivity contribution is -0.141. The molecule has 0 radical (unpaired) electrons. The van der Waals surface area contributed by atoms with Crippen LogP contribution in [0.5, 0.6) is 0 Å². The van der Waals surface area contributed by atoms with Gasteiger partial charge in [0.2, 0.25) is 21.8 Å². The number of benzene rings is 2. The minimum absolute atomic E-state index is 0.0128. The van der Waals surface area contributed by atoms with Gasteiger partial charge in [0.05, 0.1) is 11.9 Å². The van der Waals surface area contributed by atoms with Crippen LogP contribution in [0.25, 0.3) is 0 Å². The summed E-state index contributed by atoms with van der Waals surface area (Å²) in [4.78, 5) is 27.9. The maximum Gasteiger partial charge on any atom is 0.242 e. The monoisotopic (exact) mass is 565 g/mol. The Morgan fingerprint density at radius 1 is 1.13 bits per heavy atom. The third-order valence-corrected chi connectivity index (χ3v) is 8.42. The van der Waals surface area contributed by atoms with Gasteiger partial charge >= 0.3 is 0 Å². The number of hydrogen-bond acceptors (Lipinski definition) is 4. The zero-order chi connectivity index (χ0) is 27.9.